The number of carbonyl (C=O) groups excluding carboxylic acids is 1. The van der Waals surface area contributed by atoms with Crippen molar-refractivity contribution in [1.82, 2.24) is 5.32 Å². The van der Waals surface area contributed by atoms with Crippen LogP contribution < -0.4 is 5.32 Å². The predicted molar refractivity (Wildman–Crippen MR) is 87.2 cm³/mol. The monoisotopic (exact) mass is 317 g/mol. The molecule has 0 radical (unpaired) electrons. The number of rotatable bonds is 6. The van der Waals surface area contributed by atoms with E-state index >= 15 is 0 Å². The fraction of sp³-hybridized carbons (Fsp3) is 0.235. The summed E-state index contributed by atoms with van der Waals surface area (Å²) in [6, 6.07) is 18.8. The van der Waals surface area contributed by atoms with Crippen LogP contribution in [0.4, 0.5) is 4.79 Å². The van der Waals surface area contributed by atoms with Gasteiger partial charge in [-0.25, -0.2) is 4.79 Å². The summed E-state index contributed by atoms with van der Waals surface area (Å²) in [5.41, 5.74) is 1.08. The van der Waals surface area contributed by atoms with Gasteiger partial charge in [0.1, 0.15) is 0 Å². The van der Waals surface area contributed by atoms with Crippen molar-refractivity contribution >= 4 is 16.9 Å². The lowest BCUT2D eigenvalue weighted by atomic mass is 10.1. The van der Waals surface area contributed by atoms with Gasteiger partial charge < -0.3 is 10.1 Å². The molecule has 4 nitrogen and oxygen atoms in total. The molecule has 0 bridgehead atoms. The Morgan fingerprint density at radius 3 is 2.27 bits per heavy atom. The van der Waals surface area contributed by atoms with Gasteiger partial charge in [-0.05, 0) is 24.1 Å². The average Bonchev–Trinajstić information content (AvgIpc) is 2.56. The second-order valence-corrected chi connectivity index (χ2v) is 6.34. The van der Waals surface area contributed by atoms with Gasteiger partial charge in [-0.3, -0.25) is 4.21 Å². The zero-order valence-electron chi connectivity index (χ0n) is 12.4. The van der Waals surface area contributed by atoms with Crippen LogP contribution in [0, 0.1) is 0 Å². The zero-order chi connectivity index (χ0) is 15.8. The highest BCUT2D eigenvalue weighted by molar-refractivity contribution is 7.85. The van der Waals surface area contributed by atoms with Crippen LogP contribution in [0.25, 0.3) is 0 Å². The van der Waals surface area contributed by atoms with E-state index in [0.29, 0.717) is 12.2 Å². The number of methoxy groups -OCH3 is 1. The lowest BCUT2D eigenvalue weighted by molar-refractivity contribution is 0.167. The Balaban J connectivity index is 2.07. The normalized spacial score (nSPS) is 13.1. The molecule has 0 saturated heterocycles. The molecule has 1 amide bonds. The third-order valence-electron chi connectivity index (χ3n) is 3.19. The van der Waals surface area contributed by atoms with Crippen molar-refractivity contribution in [2.45, 2.75) is 17.4 Å². The number of hydrogen-bond donors (Lipinski definition) is 1. The Kier molecular flexibility index (Phi) is 6.15. The number of carbonyl (C=O) groups is 1. The van der Waals surface area contributed by atoms with Crippen molar-refractivity contribution in [3.8, 4) is 0 Å². The van der Waals surface area contributed by atoms with Gasteiger partial charge in [0, 0.05) is 16.7 Å². The lowest BCUT2D eigenvalue weighted by Crippen LogP contribution is -2.40. The van der Waals surface area contributed by atoms with Crippen molar-refractivity contribution in [1.29, 1.82) is 0 Å². The summed E-state index contributed by atoms with van der Waals surface area (Å²) in [6.45, 7) is 0. The summed E-state index contributed by atoms with van der Waals surface area (Å²) in [5, 5.41) is 2.76. The summed E-state index contributed by atoms with van der Waals surface area (Å²) >= 11 is 0. The van der Waals surface area contributed by atoms with Gasteiger partial charge in [-0.1, -0.05) is 48.5 Å². The van der Waals surface area contributed by atoms with Crippen LogP contribution in [-0.4, -0.2) is 29.2 Å². The van der Waals surface area contributed by atoms with Crippen molar-refractivity contribution in [3.05, 3.63) is 66.2 Å². The molecular formula is C17H19NO3S. The Labute approximate surface area is 133 Å². The van der Waals surface area contributed by atoms with Crippen LogP contribution in [-0.2, 0) is 22.0 Å². The van der Waals surface area contributed by atoms with Gasteiger partial charge in [-0.15, -0.1) is 0 Å². The van der Waals surface area contributed by atoms with E-state index in [9.17, 15) is 9.00 Å². The number of alkyl carbamates (subject to hydrolysis) is 1. The molecule has 0 aliphatic heterocycles. The molecule has 0 aromatic heterocycles. The molecule has 1 N–H and O–H groups in total. The standard InChI is InChI=1S/C17H19NO3S/c1-21-17(19)18-15(12-14-8-4-2-5-9-14)13-22(20)16-10-6-3-7-11-16/h2-11,15H,12-13H2,1H3,(H,18,19)/t15-,22?/m1/s1. The number of nitrogens with one attached hydrogen (secondary N) is 1. The summed E-state index contributed by atoms with van der Waals surface area (Å²) < 4.78 is 17.1. The van der Waals surface area contributed by atoms with Gasteiger partial charge in [-0.2, -0.15) is 0 Å². The zero-order valence-corrected chi connectivity index (χ0v) is 13.2. The van der Waals surface area contributed by atoms with E-state index in [4.69, 9.17) is 0 Å². The highest BCUT2D eigenvalue weighted by Gasteiger charge is 2.17. The first-order valence-corrected chi connectivity index (χ1v) is 8.32. The van der Waals surface area contributed by atoms with E-state index in [0.717, 1.165) is 10.5 Å². The van der Waals surface area contributed by atoms with E-state index in [1.165, 1.54) is 7.11 Å². The maximum absolute atomic E-state index is 12.4. The largest absolute Gasteiger partial charge is 0.453 e. The predicted octanol–water partition coefficient (Wildman–Crippen LogP) is 2.76. The van der Waals surface area contributed by atoms with Crippen molar-refractivity contribution in [2.24, 2.45) is 0 Å². The molecule has 0 saturated carbocycles. The molecule has 22 heavy (non-hydrogen) atoms. The SMILES string of the molecule is COC(=O)N[C@H](Cc1ccccc1)CS(=O)c1ccccc1. The molecule has 2 atom stereocenters. The second-order valence-electron chi connectivity index (χ2n) is 4.85. The summed E-state index contributed by atoms with van der Waals surface area (Å²) in [7, 11) is 0.147. The van der Waals surface area contributed by atoms with E-state index in [1.807, 2.05) is 60.7 Å². The van der Waals surface area contributed by atoms with E-state index in [1.54, 1.807) is 0 Å². The van der Waals surface area contributed by atoms with Gasteiger partial charge >= 0.3 is 6.09 Å². The van der Waals surface area contributed by atoms with Crippen LogP contribution in [0.15, 0.2) is 65.6 Å². The summed E-state index contributed by atoms with van der Waals surface area (Å²) in [4.78, 5) is 12.3. The van der Waals surface area contributed by atoms with Crippen LogP contribution in [0.5, 0.6) is 0 Å². The molecule has 2 aromatic carbocycles. The molecule has 2 aromatic rings. The molecule has 5 heteroatoms. The van der Waals surface area contributed by atoms with Crippen molar-refractivity contribution in [2.75, 3.05) is 12.9 Å². The number of hydrogen-bond acceptors (Lipinski definition) is 3. The fourth-order valence-corrected chi connectivity index (χ4v) is 3.35. The first-order chi connectivity index (χ1) is 10.7. The molecule has 0 spiro atoms. The molecule has 1 unspecified atom stereocenters. The highest BCUT2D eigenvalue weighted by atomic mass is 32.2. The minimum absolute atomic E-state index is 0.254. The Hall–Kier alpha value is -2.14. The Bertz CT molecular complexity index is 616. The Morgan fingerprint density at radius 2 is 1.68 bits per heavy atom. The van der Waals surface area contributed by atoms with E-state index < -0.39 is 16.9 Å². The maximum Gasteiger partial charge on any atom is 0.407 e. The molecule has 2 rings (SSSR count). The third kappa shape index (κ3) is 5.00. The lowest BCUT2D eigenvalue weighted by Gasteiger charge is -2.18. The molecular weight excluding hydrogens is 298 g/mol. The second kappa shape index (κ2) is 8.34. The molecule has 116 valence electrons. The number of ether oxygens (including phenoxy) is 1. The third-order valence-corrected chi connectivity index (χ3v) is 4.69. The summed E-state index contributed by atoms with van der Waals surface area (Å²) in [6.07, 6.45) is 0.0973. The number of benzene rings is 2. The van der Waals surface area contributed by atoms with Gasteiger partial charge in [0.15, 0.2) is 0 Å². The van der Waals surface area contributed by atoms with Crippen LogP contribution in [0.1, 0.15) is 5.56 Å². The van der Waals surface area contributed by atoms with Gasteiger partial charge in [0.2, 0.25) is 0 Å². The maximum atomic E-state index is 12.4. The van der Waals surface area contributed by atoms with E-state index in [2.05, 4.69) is 10.1 Å². The Morgan fingerprint density at radius 1 is 1.09 bits per heavy atom. The van der Waals surface area contributed by atoms with E-state index in [-0.39, 0.29) is 6.04 Å². The van der Waals surface area contributed by atoms with Gasteiger partial charge in [0.25, 0.3) is 0 Å². The average molecular weight is 317 g/mol. The first-order valence-electron chi connectivity index (χ1n) is 7.01. The quantitative estimate of drug-likeness (QED) is 0.891. The van der Waals surface area contributed by atoms with Gasteiger partial charge in [0.05, 0.1) is 17.9 Å². The van der Waals surface area contributed by atoms with Crippen LogP contribution >= 0.6 is 0 Å². The molecule has 0 aliphatic carbocycles. The topological polar surface area (TPSA) is 55.4 Å². The van der Waals surface area contributed by atoms with Crippen molar-refractivity contribution in [3.63, 3.8) is 0 Å². The minimum Gasteiger partial charge on any atom is -0.453 e. The summed E-state index contributed by atoms with van der Waals surface area (Å²) in [5.74, 6) is 0.341. The molecule has 0 fully saturated rings. The van der Waals surface area contributed by atoms with Crippen LogP contribution in [0.2, 0.25) is 0 Å². The number of amides is 1. The molecule has 0 heterocycles. The smallest absolute Gasteiger partial charge is 0.407 e. The highest BCUT2D eigenvalue weighted by Crippen LogP contribution is 2.10. The van der Waals surface area contributed by atoms with Crippen LogP contribution in [0.3, 0.4) is 0 Å². The molecule has 0 aliphatic rings. The fourth-order valence-electron chi connectivity index (χ4n) is 2.13. The first kappa shape index (κ1) is 16.2. The van der Waals surface area contributed by atoms with Crippen molar-refractivity contribution < 1.29 is 13.7 Å². The minimum atomic E-state index is -1.18.